The summed E-state index contributed by atoms with van der Waals surface area (Å²) in [6.07, 6.45) is 0. The van der Waals surface area contributed by atoms with Gasteiger partial charge < -0.3 is 10.0 Å². The molecule has 0 aromatic heterocycles. The van der Waals surface area contributed by atoms with Gasteiger partial charge in [-0.05, 0) is 19.7 Å². The van der Waals surface area contributed by atoms with E-state index in [9.17, 15) is 5.11 Å². The van der Waals surface area contributed by atoms with Gasteiger partial charge in [0.25, 0.3) is 0 Å². The Balaban J connectivity index is 0.000000671. The summed E-state index contributed by atoms with van der Waals surface area (Å²) in [6.45, 7) is 0.889. The van der Waals surface area contributed by atoms with Crippen molar-refractivity contribution in [1.82, 2.24) is 4.90 Å². The summed E-state index contributed by atoms with van der Waals surface area (Å²) in [4.78, 5) is 2.07. The van der Waals surface area contributed by atoms with Crippen molar-refractivity contribution >= 4 is 9.53 Å². The molecule has 0 amide bonds. The first-order chi connectivity index (χ1) is 6.18. The number of nitrogens with zero attached hydrogens (tertiary/aromatic N) is 1. The van der Waals surface area contributed by atoms with Gasteiger partial charge in [0, 0.05) is 6.54 Å². The van der Waals surface area contributed by atoms with Gasteiger partial charge in [-0.1, -0.05) is 24.3 Å². The molecular formula is C9H12ClNOPd. The van der Waals surface area contributed by atoms with Gasteiger partial charge in [0.15, 0.2) is 0 Å². The fourth-order valence-electron chi connectivity index (χ4n) is 0.960. The molecule has 1 rings (SSSR count). The Labute approximate surface area is 93.9 Å². The third-order valence-electron chi connectivity index (χ3n) is 1.42. The van der Waals surface area contributed by atoms with Crippen molar-refractivity contribution in [2.75, 3.05) is 14.1 Å². The minimum absolute atomic E-state index is 0.0764. The summed E-state index contributed by atoms with van der Waals surface area (Å²) in [5.41, 5.74) is 1.18. The van der Waals surface area contributed by atoms with Crippen LogP contribution >= 0.6 is 9.53 Å². The molecule has 0 bridgehead atoms. The summed E-state index contributed by atoms with van der Waals surface area (Å²) in [5, 5.41) is 10.7. The van der Waals surface area contributed by atoms with Gasteiger partial charge in [-0.2, -0.15) is 0 Å². The van der Waals surface area contributed by atoms with Crippen LogP contribution in [-0.2, 0) is 24.7 Å². The van der Waals surface area contributed by atoms with Crippen LogP contribution < -0.4 is 5.11 Å². The van der Waals surface area contributed by atoms with Gasteiger partial charge in [0.1, 0.15) is 0 Å². The molecule has 0 N–H and O–H groups in total. The second kappa shape index (κ2) is 7.35. The summed E-state index contributed by atoms with van der Waals surface area (Å²) < 4.78 is 0. The molecule has 1 aromatic carbocycles. The molecule has 0 radical (unpaired) electrons. The van der Waals surface area contributed by atoms with Crippen molar-refractivity contribution in [3.8, 4) is 5.75 Å². The van der Waals surface area contributed by atoms with Crippen molar-refractivity contribution < 1.29 is 23.3 Å². The predicted octanol–water partition coefficient (Wildman–Crippen LogP) is 1.51. The minimum atomic E-state index is 0.0764. The Morgan fingerprint density at radius 2 is 1.69 bits per heavy atom. The van der Waals surface area contributed by atoms with Gasteiger partial charge in [0.2, 0.25) is 0 Å². The molecule has 0 aliphatic carbocycles. The number of hydrogen-bond acceptors (Lipinski definition) is 2. The Kier molecular flexibility index (Phi) is 7.31. The van der Waals surface area contributed by atoms with E-state index in [0.29, 0.717) is 0 Å². The molecule has 0 aliphatic rings. The normalized spacial score (nSPS) is 9.38. The van der Waals surface area contributed by atoms with E-state index in [2.05, 4.69) is 32.6 Å². The monoisotopic (exact) mass is 291 g/mol. The molecule has 0 fully saturated rings. The van der Waals surface area contributed by atoms with Crippen LogP contribution in [0.25, 0.3) is 0 Å². The van der Waals surface area contributed by atoms with Gasteiger partial charge in [-0.25, -0.2) is 0 Å². The Morgan fingerprint density at radius 3 is 2.08 bits per heavy atom. The molecule has 4 heteroatoms. The van der Waals surface area contributed by atoms with E-state index in [1.807, 2.05) is 26.2 Å². The van der Waals surface area contributed by atoms with Crippen LogP contribution in [0, 0.1) is 0 Å². The first kappa shape index (κ1) is 12.9. The number of hydrogen-bond donors (Lipinski definition) is 0. The van der Waals surface area contributed by atoms with Crippen molar-refractivity contribution in [2.24, 2.45) is 0 Å². The van der Waals surface area contributed by atoms with E-state index < -0.39 is 0 Å². The third-order valence-corrected chi connectivity index (χ3v) is 1.42. The maximum atomic E-state index is 10.7. The molecule has 0 unspecified atom stereocenters. The van der Waals surface area contributed by atoms with E-state index in [1.165, 1.54) is 5.56 Å². The molecule has 0 aliphatic heterocycles. The second-order valence-electron chi connectivity index (χ2n) is 2.88. The van der Waals surface area contributed by atoms with E-state index in [1.54, 1.807) is 12.1 Å². The van der Waals surface area contributed by atoms with Crippen molar-refractivity contribution in [3.63, 3.8) is 0 Å². The van der Waals surface area contributed by atoms with Crippen LogP contribution in [0.1, 0.15) is 5.56 Å². The molecule has 0 spiro atoms. The molecule has 13 heavy (non-hydrogen) atoms. The zero-order valence-corrected chi connectivity index (χ0v) is 9.88. The van der Waals surface area contributed by atoms with Gasteiger partial charge in [-0.3, -0.25) is 0 Å². The van der Waals surface area contributed by atoms with Crippen LogP contribution in [0.15, 0.2) is 24.3 Å². The number of benzene rings is 1. The van der Waals surface area contributed by atoms with Crippen molar-refractivity contribution in [1.29, 1.82) is 0 Å². The number of rotatable bonds is 2. The second-order valence-corrected chi connectivity index (χ2v) is 2.88. The quantitative estimate of drug-likeness (QED) is 0.772. The van der Waals surface area contributed by atoms with Crippen LogP contribution in [-0.4, -0.2) is 19.0 Å². The summed E-state index contributed by atoms with van der Waals surface area (Å²) in [6, 6.07) is 6.92. The van der Waals surface area contributed by atoms with Crippen molar-refractivity contribution in [3.05, 3.63) is 29.8 Å². The average Bonchev–Trinajstić information content (AvgIpc) is 2.12. The van der Waals surface area contributed by atoms with Crippen molar-refractivity contribution in [2.45, 2.75) is 6.54 Å². The zero-order valence-electron chi connectivity index (χ0n) is 7.57. The van der Waals surface area contributed by atoms with Crippen LogP contribution in [0.5, 0.6) is 5.75 Å². The van der Waals surface area contributed by atoms with E-state index in [4.69, 9.17) is 0 Å². The summed E-state index contributed by atoms with van der Waals surface area (Å²) in [5.74, 6) is 0.0764. The van der Waals surface area contributed by atoms with Gasteiger partial charge in [-0.15, -0.1) is 5.75 Å². The van der Waals surface area contributed by atoms with Gasteiger partial charge >= 0.3 is 27.7 Å². The number of halogens is 1. The maximum absolute atomic E-state index is 10.7. The fourth-order valence-corrected chi connectivity index (χ4v) is 0.960. The Morgan fingerprint density at radius 1 is 1.23 bits per heavy atom. The Bertz CT molecular complexity index is 226. The molecule has 0 saturated carbocycles. The first-order valence-electron chi connectivity index (χ1n) is 3.71. The molecular weight excluding hydrogens is 280 g/mol. The third kappa shape index (κ3) is 6.06. The topological polar surface area (TPSA) is 26.3 Å². The molecule has 1 aromatic rings. The summed E-state index contributed by atoms with van der Waals surface area (Å²) >= 11 is 2.22. The fraction of sp³-hybridized carbons (Fsp3) is 0.333. The van der Waals surface area contributed by atoms with E-state index >= 15 is 0 Å². The van der Waals surface area contributed by atoms with E-state index in [-0.39, 0.29) is 5.75 Å². The Hall–Kier alpha value is -0.0677. The van der Waals surface area contributed by atoms with Crippen LogP contribution in [0.2, 0.25) is 0 Å². The molecule has 0 heterocycles. The zero-order chi connectivity index (χ0) is 10.3. The molecule has 0 atom stereocenters. The van der Waals surface area contributed by atoms with E-state index in [0.717, 1.165) is 6.54 Å². The summed E-state index contributed by atoms with van der Waals surface area (Å²) in [7, 11) is 8.50. The SMILES string of the molecule is CN(C)Cc1ccc([O-])cc1.[Cl][Pd+]. The van der Waals surface area contributed by atoms with Gasteiger partial charge in [0.05, 0.1) is 0 Å². The standard InChI is InChI=1S/C9H13NO.ClH.Pd/c1-10(2)7-8-3-5-9(11)6-4-8;;/h3-6,11H,7H2,1-2H3;1H;/q;;+2/p-2. The van der Waals surface area contributed by atoms with Crippen LogP contribution in [0.4, 0.5) is 0 Å². The molecule has 2 nitrogen and oxygen atoms in total. The predicted molar refractivity (Wildman–Crippen MR) is 49.1 cm³/mol. The molecule has 76 valence electrons. The van der Waals surface area contributed by atoms with Crippen LogP contribution in [0.3, 0.4) is 0 Å². The first-order valence-corrected chi connectivity index (χ1v) is 5.71. The average molecular weight is 292 g/mol. The molecule has 0 saturated heterocycles.